The molecular formula is C13H19NO4. The SMILES string of the molecule is CC(C)(C)C(=O)NC1CC2CC1C1OC(=O)OC21. The Labute approximate surface area is 106 Å². The molecule has 3 fully saturated rings. The van der Waals surface area contributed by atoms with Gasteiger partial charge in [-0.1, -0.05) is 20.8 Å². The zero-order chi connectivity index (χ0) is 13.1. The first kappa shape index (κ1) is 11.8. The van der Waals surface area contributed by atoms with Crippen LogP contribution < -0.4 is 5.32 Å². The Hall–Kier alpha value is -1.26. The fraction of sp³-hybridized carbons (Fsp3) is 0.846. The van der Waals surface area contributed by atoms with Gasteiger partial charge in [0.2, 0.25) is 5.91 Å². The van der Waals surface area contributed by atoms with E-state index < -0.39 is 6.16 Å². The number of amides is 1. The molecule has 0 aromatic carbocycles. The van der Waals surface area contributed by atoms with E-state index in [0.29, 0.717) is 5.92 Å². The zero-order valence-corrected chi connectivity index (χ0v) is 10.9. The number of hydrogen-bond acceptors (Lipinski definition) is 4. The van der Waals surface area contributed by atoms with Crippen molar-refractivity contribution in [3.8, 4) is 0 Å². The standard InChI is InChI=1S/C13H19NO4/c1-13(2,3)11(15)14-8-5-6-4-7(8)10-9(6)17-12(16)18-10/h6-10H,4-5H2,1-3H3,(H,14,15). The molecule has 1 aliphatic heterocycles. The summed E-state index contributed by atoms with van der Waals surface area (Å²) in [6.07, 6.45) is 1.09. The molecule has 5 unspecified atom stereocenters. The lowest BCUT2D eigenvalue weighted by Crippen LogP contribution is -2.49. The topological polar surface area (TPSA) is 64.6 Å². The quantitative estimate of drug-likeness (QED) is 0.718. The van der Waals surface area contributed by atoms with Crippen LogP contribution in [0.2, 0.25) is 0 Å². The molecule has 1 heterocycles. The first-order valence-corrected chi connectivity index (χ1v) is 6.54. The normalized spacial score (nSPS) is 41.3. The Bertz CT molecular complexity index is 400. The van der Waals surface area contributed by atoms with Gasteiger partial charge in [-0.25, -0.2) is 4.79 Å². The van der Waals surface area contributed by atoms with Crippen LogP contribution in [0, 0.1) is 17.3 Å². The van der Waals surface area contributed by atoms with Gasteiger partial charge in [-0.3, -0.25) is 4.79 Å². The highest BCUT2D eigenvalue weighted by Gasteiger charge is 2.60. The molecule has 0 aromatic rings. The number of carbonyl (C=O) groups excluding carboxylic acids is 2. The molecular weight excluding hydrogens is 234 g/mol. The van der Waals surface area contributed by atoms with Crippen molar-refractivity contribution in [2.24, 2.45) is 17.3 Å². The van der Waals surface area contributed by atoms with E-state index in [1.54, 1.807) is 0 Å². The highest BCUT2D eigenvalue weighted by atomic mass is 16.8. The van der Waals surface area contributed by atoms with Crippen LogP contribution >= 0.6 is 0 Å². The molecule has 1 amide bonds. The van der Waals surface area contributed by atoms with Gasteiger partial charge in [0.15, 0.2) is 0 Å². The summed E-state index contributed by atoms with van der Waals surface area (Å²) in [4.78, 5) is 23.1. The second-order valence-electron chi connectivity index (χ2n) is 6.64. The Morgan fingerprint density at radius 3 is 2.56 bits per heavy atom. The minimum atomic E-state index is -0.553. The zero-order valence-electron chi connectivity index (χ0n) is 10.9. The van der Waals surface area contributed by atoms with Gasteiger partial charge < -0.3 is 14.8 Å². The molecule has 1 saturated heterocycles. The van der Waals surface area contributed by atoms with E-state index in [9.17, 15) is 9.59 Å². The van der Waals surface area contributed by atoms with E-state index in [-0.39, 0.29) is 35.5 Å². The molecule has 2 aliphatic carbocycles. The number of carbonyl (C=O) groups is 2. The number of ether oxygens (including phenoxy) is 2. The lowest BCUT2D eigenvalue weighted by atomic mass is 9.88. The molecule has 5 atom stereocenters. The van der Waals surface area contributed by atoms with Crippen molar-refractivity contribution in [1.29, 1.82) is 0 Å². The summed E-state index contributed by atoms with van der Waals surface area (Å²) in [6.45, 7) is 5.70. The Balaban J connectivity index is 1.68. The lowest BCUT2D eigenvalue weighted by molar-refractivity contribution is -0.130. The first-order valence-electron chi connectivity index (χ1n) is 6.54. The van der Waals surface area contributed by atoms with Gasteiger partial charge in [0.05, 0.1) is 0 Å². The highest BCUT2D eigenvalue weighted by Crippen LogP contribution is 2.50. The van der Waals surface area contributed by atoms with Crippen LogP contribution in [0.3, 0.4) is 0 Å². The lowest BCUT2D eigenvalue weighted by Gasteiger charge is -2.30. The molecule has 5 heteroatoms. The molecule has 0 radical (unpaired) electrons. The number of fused-ring (bicyclic) bond motifs is 5. The molecule has 2 saturated carbocycles. The van der Waals surface area contributed by atoms with Crippen molar-refractivity contribution >= 4 is 12.1 Å². The maximum atomic E-state index is 12.0. The first-order chi connectivity index (χ1) is 8.36. The smallest absolute Gasteiger partial charge is 0.427 e. The molecule has 0 aromatic heterocycles. The van der Waals surface area contributed by atoms with Crippen LogP contribution in [0.15, 0.2) is 0 Å². The van der Waals surface area contributed by atoms with Crippen LogP contribution in [0.25, 0.3) is 0 Å². The van der Waals surface area contributed by atoms with Crippen molar-refractivity contribution in [2.45, 2.75) is 51.9 Å². The van der Waals surface area contributed by atoms with Gasteiger partial charge in [0, 0.05) is 23.3 Å². The van der Waals surface area contributed by atoms with Crippen LogP contribution in [-0.2, 0) is 14.3 Å². The third-order valence-electron chi connectivity index (χ3n) is 4.32. The van der Waals surface area contributed by atoms with Crippen LogP contribution in [0.5, 0.6) is 0 Å². The fourth-order valence-electron chi connectivity index (χ4n) is 3.37. The van der Waals surface area contributed by atoms with Crippen LogP contribution in [-0.4, -0.2) is 30.3 Å². The van der Waals surface area contributed by atoms with Crippen molar-refractivity contribution in [3.05, 3.63) is 0 Å². The number of hydrogen-bond donors (Lipinski definition) is 1. The van der Waals surface area contributed by atoms with Crippen molar-refractivity contribution in [2.75, 3.05) is 0 Å². The Morgan fingerprint density at radius 2 is 1.89 bits per heavy atom. The molecule has 1 N–H and O–H groups in total. The second kappa shape index (κ2) is 3.62. The van der Waals surface area contributed by atoms with Gasteiger partial charge >= 0.3 is 6.16 Å². The Kier molecular flexibility index (Phi) is 2.37. The van der Waals surface area contributed by atoms with Crippen molar-refractivity contribution < 1.29 is 19.1 Å². The largest absolute Gasteiger partial charge is 0.509 e. The predicted molar refractivity (Wildman–Crippen MR) is 62.7 cm³/mol. The average molecular weight is 253 g/mol. The van der Waals surface area contributed by atoms with Gasteiger partial charge in [0.25, 0.3) is 0 Å². The van der Waals surface area contributed by atoms with E-state index in [4.69, 9.17) is 9.47 Å². The molecule has 100 valence electrons. The summed E-state index contributed by atoms with van der Waals surface area (Å²) >= 11 is 0. The van der Waals surface area contributed by atoms with E-state index in [0.717, 1.165) is 12.8 Å². The summed E-state index contributed by atoms with van der Waals surface area (Å²) in [7, 11) is 0. The van der Waals surface area contributed by atoms with E-state index >= 15 is 0 Å². The Morgan fingerprint density at radius 1 is 1.22 bits per heavy atom. The van der Waals surface area contributed by atoms with E-state index in [1.165, 1.54) is 0 Å². The monoisotopic (exact) mass is 253 g/mol. The van der Waals surface area contributed by atoms with Gasteiger partial charge in [-0.2, -0.15) is 0 Å². The summed E-state index contributed by atoms with van der Waals surface area (Å²) in [5.74, 6) is 0.622. The number of nitrogens with one attached hydrogen (secondary N) is 1. The predicted octanol–water partition coefficient (Wildman–Crippen LogP) is 1.46. The van der Waals surface area contributed by atoms with Crippen LogP contribution in [0.1, 0.15) is 33.6 Å². The maximum absolute atomic E-state index is 12.0. The molecule has 3 aliphatic rings. The maximum Gasteiger partial charge on any atom is 0.509 e. The third-order valence-corrected chi connectivity index (χ3v) is 4.32. The minimum absolute atomic E-state index is 0.0573. The fourth-order valence-corrected chi connectivity index (χ4v) is 3.37. The molecule has 18 heavy (non-hydrogen) atoms. The summed E-state index contributed by atoms with van der Waals surface area (Å²) < 4.78 is 10.4. The van der Waals surface area contributed by atoms with Gasteiger partial charge in [0.1, 0.15) is 12.2 Å². The van der Waals surface area contributed by atoms with E-state index in [1.807, 2.05) is 20.8 Å². The van der Waals surface area contributed by atoms with Gasteiger partial charge in [-0.05, 0) is 12.8 Å². The molecule has 0 spiro atoms. The van der Waals surface area contributed by atoms with Crippen molar-refractivity contribution in [1.82, 2.24) is 5.32 Å². The van der Waals surface area contributed by atoms with Gasteiger partial charge in [-0.15, -0.1) is 0 Å². The second-order valence-corrected chi connectivity index (χ2v) is 6.64. The minimum Gasteiger partial charge on any atom is -0.427 e. The van der Waals surface area contributed by atoms with Crippen LogP contribution in [0.4, 0.5) is 4.79 Å². The molecule has 5 nitrogen and oxygen atoms in total. The van der Waals surface area contributed by atoms with Crippen molar-refractivity contribution in [3.63, 3.8) is 0 Å². The van der Waals surface area contributed by atoms with E-state index in [2.05, 4.69) is 5.32 Å². The average Bonchev–Trinajstić information content (AvgIpc) is 2.86. The third kappa shape index (κ3) is 1.68. The molecule has 3 rings (SSSR count). The summed E-state index contributed by atoms with van der Waals surface area (Å²) in [6, 6.07) is 0.123. The number of rotatable bonds is 1. The highest BCUT2D eigenvalue weighted by molar-refractivity contribution is 5.81. The molecule has 2 bridgehead atoms. The summed E-state index contributed by atoms with van der Waals surface area (Å²) in [5, 5.41) is 3.09. The summed E-state index contributed by atoms with van der Waals surface area (Å²) in [5.41, 5.74) is -0.385.